The molecule has 0 radical (unpaired) electrons. The fourth-order valence-corrected chi connectivity index (χ4v) is 2.73. The third-order valence-corrected chi connectivity index (χ3v) is 3.98. The summed E-state index contributed by atoms with van der Waals surface area (Å²) in [5.41, 5.74) is 0.386. The van der Waals surface area contributed by atoms with Gasteiger partial charge in [0.25, 0.3) is 5.56 Å². The highest BCUT2D eigenvalue weighted by Crippen LogP contribution is 2.31. The van der Waals surface area contributed by atoms with Crippen LogP contribution >= 0.6 is 0 Å². The number of aliphatic hydroxyl groups is 1. The molecule has 0 atom stereocenters. The van der Waals surface area contributed by atoms with Crippen LogP contribution in [0.3, 0.4) is 0 Å². The highest BCUT2D eigenvalue weighted by molar-refractivity contribution is 5.91. The van der Waals surface area contributed by atoms with Gasteiger partial charge in [0.15, 0.2) is 0 Å². The first-order chi connectivity index (χ1) is 9.39. The van der Waals surface area contributed by atoms with Crippen LogP contribution in [0.15, 0.2) is 17.1 Å². The summed E-state index contributed by atoms with van der Waals surface area (Å²) in [6.45, 7) is 1.78. The fourth-order valence-electron chi connectivity index (χ4n) is 2.73. The van der Waals surface area contributed by atoms with E-state index < -0.39 is 5.60 Å². The van der Waals surface area contributed by atoms with Gasteiger partial charge in [-0.05, 0) is 25.3 Å². The highest BCUT2D eigenvalue weighted by atomic mass is 16.3. The van der Waals surface area contributed by atoms with Crippen LogP contribution in [0.2, 0.25) is 0 Å². The molecule has 0 saturated heterocycles. The van der Waals surface area contributed by atoms with Gasteiger partial charge in [-0.1, -0.05) is 19.3 Å². The monoisotopic (exact) mass is 278 g/mol. The van der Waals surface area contributed by atoms with Crippen LogP contribution in [0.4, 0.5) is 5.69 Å². The minimum Gasteiger partial charge on any atom is -0.389 e. The molecule has 0 aromatic carbocycles. The predicted octanol–water partition coefficient (Wildman–Crippen LogP) is 1.72. The maximum absolute atomic E-state index is 12.1. The standard InChI is InChI=1S/C15H22N2O3/c1-11-8-14(19)17(2)10-12(11)16-13(18)9-15(20)6-4-3-5-7-15/h8,10,20H,3-7,9H2,1-2H3,(H,16,18). The van der Waals surface area contributed by atoms with Crippen LogP contribution < -0.4 is 10.9 Å². The molecule has 1 aromatic heterocycles. The predicted molar refractivity (Wildman–Crippen MR) is 77.7 cm³/mol. The Balaban J connectivity index is 2.04. The van der Waals surface area contributed by atoms with E-state index in [1.54, 1.807) is 20.2 Å². The Bertz CT molecular complexity index is 557. The smallest absolute Gasteiger partial charge is 0.250 e. The zero-order valence-corrected chi connectivity index (χ0v) is 12.1. The Labute approximate surface area is 118 Å². The van der Waals surface area contributed by atoms with Gasteiger partial charge >= 0.3 is 0 Å². The number of carbonyl (C=O) groups is 1. The quantitative estimate of drug-likeness (QED) is 0.884. The normalized spacial score (nSPS) is 17.8. The maximum Gasteiger partial charge on any atom is 0.250 e. The van der Waals surface area contributed by atoms with Crippen LogP contribution in [0.25, 0.3) is 0 Å². The van der Waals surface area contributed by atoms with Crippen molar-refractivity contribution in [1.29, 1.82) is 0 Å². The van der Waals surface area contributed by atoms with Crippen molar-refractivity contribution in [1.82, 2.24) is 4.57 Å². The van der Waals surface area contributed by atoms with Crippen molar-refractivity contribution in [3.05, 3.63) is 28.2 Å². The summed E-state index contributed by atoms with van der Waals surface area (Å²) < 4.78 is 1.43. The van der Waals surface area contributed by atoms with Crippen LogP contribution in [-0.4, -0.2) is 21.2 Å². The number of pyridine rings is 1. The molecule has 0 bridgehead atoms. The summed E-state index contributed by atoms with van der Waals surface area (Å²) in [5.74, 6) is -0.198. The molecule has 110 valence electrons. The lowest BCUT2D eigenvalue weighted by Crippen LogP contribution is -2.36. The van der Waals surface area contributed by atoms with Gasteiger partial charge in [0.05, 0.1) is 17.7 Å². The first-order valence-electron chi connectivity index (χ1n) is 7.09. The average Bonchev–Trinajstić information content (AvgIpc) is 2.36. The van der Waals surface area contributed by atoms with Crippen molar-refractivity contribution in [2.45, 2.75) is 51.0 Å². The lowest BCUT2D eigenvalue weighted by atomic mass is 9.82. The van der Waals surface area contributed by atoms with Crippen molar-refractivity contribution in [2.75, 3.05) is 5.32 Å². The van der Waals surface area contributed by atoms with E-state index in [0.29, 0.717) is 18.5 Å². The van der Waals surface area contributed by atoms with Gasteiger partial charge in [0, 0.05) is 19.3 Å². The average molecular weight is 278 g/mol. The van der Waals surface area contributed by atoms with Crippen molar-refractivity contribution in [3.8, 4) is 0 Å². The summed E-state index contributed by atoms with van der Waals surface area (Å²) in [6.07, 6.45) is 6.18. The molecule has 1 aliphatic rings. The third kappa shape index (κ3) is 3.48. The van der Waals surface area contributed by atoms with E-state index in [-0.39, 0.29) is 17.9 Å². The molecule has 1 fully saturated rings. The van der Waals surface area contributed by atoms with Crippen LogP contribution in [0, 0.1) is 6.92 Å². The summed E-state index contributed by atoms with van der Waals surface area (Å²) in [5, 5.41) is 13.2. The zero-order chi connectivity index (χ0) is 14.8. The molecule has 1 aliphatic carbocycles. The van der Waals surface area contributed by atoms with Gasteiger partial charge in [-0.2, -0.15) is 0 Å². The number of aryl methyl sites for hydroxylation is 2. The number of hydrogen-bond acceptors (Lipinski definition) is 3. The number of amides is 1. The van der Waals surface area contributed by atoms with Crippen molar-refractivity contribution in [3.63, 3.8) is 0 Å². The van der Waals surface area contributed by atoms with E-state index in [4.69, 9.17) is 0 Å². The highest BCUT2D eigenvalue weighted by Gasteiger charge is 2.31. The van der Waals surface area contributed by atoms with Gasteiger partial charge in [-0.25, -0.2) is 0 Å². The molecule has 2 rings (SSSR count). The Kier molecular flexibility index (Phi) is 4.28. The molecule has 0 aliphatic heterocycles. The number of carbonyl (C=O) groups excluding carboxylic acids is 1. The second kappa shape index (κ2) is 5.79. The van der Waals surface area contributed by atoms with Gasteiger partial charge in [-0.15, -0.1) is 0 Å². The Hall–Kier alpha value is -1.62. The molecule has 1 saturated carbocycles. The Morgan fingerprint density at radius 3 is 2.70 bits per heavy atom. The third-order valence-electron chi connectivity index (χ3n) is 3.98. The summed E-state index contributed by atoms with van der Waals surface area (Å²) in [4.78, 5) is 23.5. The second-order valence-electron chi connectivity index (χ2n) is 5.83. The lowest BCUT2D eigenvalue weighted by molar-refractivity contribution is -0.122. The van der Waals surface area contributed by atoms with Gasteiger partial charge < -0.3 is 15.0 Å². The molecular weight excluding hydrogens is 256 g/mol. The molecule has 0 spiro atoms. The van der Waals surface area contributed by atoms with E-state index in [2.05, 4.69) is 5.32 Å². The molecule has 5 heteroatoms. The molecule has 1 heterocycles. The number of anilines is 1. The SMILES string of the molecule is Cc1cc(=O)n(C)cc1NC(=O)CC1(O)CCCCC1. The maximum atomic E-state index is 12.1. The van der Waals surface area contributed by atoms with Crippen LogP contribution in [0.5, 0.6) is 0 Å². The number of nitrogens with one attached hydrogen (secondary N) is 1. The first-order valence-corrected chi connectivity index (χ1v) is 7.09. The number of hydrogen-bond donors (Lipinski definition) is 2. The van der Waals surface area contributed by atoms with Crippen molar-refractivity contribution >= 4 is 11.6 Å². The minimum absolute atomic E-state index is 0.105. The largest absolute Gasteiger partial charge is 0.389 e. The molecule has 20 heavy (non-hydrogen) atoms. The van der Waals surface area contributed by atoms with Gasteiger partial charge in [0.2, 0.25) is 5.91 Å². The first kappa shape index (κ1) is 14.8. The topological polar surface area (TPSA) is 71.3 Å². The number of nitrogens with zero attached hydrogens (tertiary/aromatic N) is 1. The van der Waals surface area contributed by atoms with Crippen LogP contribution in [-0.2, 0) is 11.8 Å². The van der Waals surface area contributed by atoms with Gasteiger partial charge in [0.1, 0.15) is 0 Å². The van der Waals surface area contributed by atoms with E-state index in [1.807, 2.05) is 0 Å². The summed E-state index contributed by atoms with van der Waals surface area (Å²) in [7, 11) is 1.64. The van der Waals surface area contributed by atoms with E-state index in [1.165, 1.54) is 10.6 Å². The molecule has 1 amide bonds. The Morgan fingerprint density at radius 1 is 1.40 bits per heavy atom. The van der Waals surface area contributed by atoms with E-state index >= 15 is 0 Å². The number of aromatic nitrogens is 1. The molecule has 1 aromatic rings. The summed E-state index contributed by atoms with van der Waals surface area (Å²) in [6, 6.07) is 1.49. The minimum atomic E-state index is -0.864. The van der Waals surface area contributed by atoms with Gasteiger partial charge in [-0.3, -0.25) is 9.59 Å². The van der Waals surface area contributed by atoms with Crippen LogP contribution in [0.1, 0.15) is 44.1 Å². The lowest BCUT2D eigenvalue weighted by Gasteiger charge is -2.31. The van der Waals surface area contributed by atoms with E-state index in [9.17, 15) is 14.7 Å². The van der Waals surface area contributed by atoms with Crippen molar-refractivity contribution in [2.24, 2.45) is 7.05 Å². The Morgan fingerprint density at radius 2 is 2.05 bits per heavy atom. The number of rotatable bonds is 3. The van der Waals surface area contributed by atoms with E-state index in [0.717, 1.165) is 24.8 Å². The second-order valence-corrected chi connectivity index (χ2v) is 5.83. The fraction of sp³-hybridized carbons (Fsp3) is 0.600. The summed E-state index contributed by atoms with van der Waals surface area (Å²) >= 11 is 0. The molecule has 5 nitrogen and oxygen atoms in total. The molecule has 2 N–H and O–H groups in total. The zero-order valence-electron chi connectivity index (χ0n) is 12.1. The molecule has 0 unspecified atom stereocenters. The van der Waals surface area contributed by atoms with Crippen molar-refractivity contribution < 1.29 is 9.90 Å². The molecular formula is C15H22N2O3.